The zero-order valence-electron chi connectivity index (χ0n) is 14.9. The number of hydrogen-bond acceptors (Lipinski definition) is 7. The fourth-order valence-corrected chi connectivity index (χ4v) is 4.27. The van der Waals surface area contributed by atoms with Gasteiger partial charge in [-0.3, -0.25) is 0 Å². The predicted octanol–water partition coefficient (Wildman–Crippen LogP) is 4.22. The van der Waals surface area contributed by atoms with Crippen LogP contribution in [0, 0.1) is 5.82 Å². The molecule has 4 rings (SSSR count). The highest BCUT2D eigenvalue weighted by Crippen LogP contribution is 2.30. The lowest BCUT2D eigenvalue weighted by molar-refractivity contribution is 0.415. The monoisotopic (exact) mass is 413 g/mol. The number of benzene rings is 2. The van der Waals surface area contributed by atoms with Crippen molar-refractivity contribution in [2.75, 3.05) is 13.0 Å². The molecule has 2 heterocycles. The Kier molecular flexibility index (Phi) is 5.27. The molecule has 0 fully saturated rings. The number of nitrogens with two attached hydrogens (primary N) is 1. The topological polar surface area (TPSA) is 78.9 Å². The molecular weight excluding hydrogens is 397 g/mol. The molecule has 4 aromatic rings. The molecule has 2 N–H and O–H groups in total. The van der Waals surface area contributed by atoms with Crippen molar-refractivity contribution in [3.8, 4) is 27.7 Å². The third-order valence-electron chi connectivity index (χ3n) is 4.00. The minimum absolute atomic E-state index is 0.288. The number of ether oxygens (including phenoxy) is 1. The van der Waals surface area contributed by atoms with Gasteiger partial charge in [0.15, 0.2) is 5.82 Å². The van der Waals surface area contributed by atoms with Crippen LogP contribution in [-0.4, -0.2) is 27.0 Å². The Morgan fingerprint density at radius 1 is 1.18 bits per heavy atom. The molecule has 0 bridgehead atoms. The third kappa shape index (κ3) is 3.71. The molecule has 142 valence electrons. The summed E-state index contributed by atoms with van der Waals surface area (Å²) in [7, 11) is 1.64. The summed E-state index contributed by atoms with van der Waals surface area (Å²) < 4.78 is 20.5. The maximum absolute atomic E-state index is 14.0. The van der Waals surface area contributed by atoms with Crippen molar-refractivity contribution in [2.24, 2.45) is 0 Å². The Labute approximate surface area is 169 Å². The van der Waals surface area contributed by atoms with Crippen LogP contribution in [0.3, 0.4) is 0 Å². The molecule has 0 atom stereocenters. The van der Waals surface area contributed by atoms with Crippen molar-refractivity contribution in [3.63, 3.8) is 0 Å². The standard InChI is InChI=1S/C19H16FN5OS2/c1-26-14-6-4-5-12(9-14)18-22-13(10-27-18)11-28-19-24-23-17(25(19)21)15-7-2-3-8-16(15)20/h2-10H,11,21H2,1H3. The van der Waals surface area contributed by atoms with Gasteiger partial charge in [-0.05, 0) is 24.3 Å². The molecule has 0 spiro atoms. The molecule has 2 aromatic carbocycles. The van der Waals surface area contributed by atoms with E-state index in [4.69, 9.17) is 10.6 Å². The van der Waals surface area contributed by atoms with Gasteiger partial charge in [-0.1, -0.05) is 36.0 Å². The second kappa shape index (κ2) is 7.99. The van der Waals surface area contributed by atoms with Gasteiger partial charge in [0, 0.05) is 16.7 Å². The molecule has 0 aliphatic heterocycles. The molecule has 0 radical (unpaired) electrons. The van der Waals surface area contributed by atoms with Crippen molar-refractivity contribution in [3.05, 3.63) is 65.4 Å². The first kappa shape index (κ1) is 18.5. The van der Waals surface area contributed by atoms with Gasteiger partial charge < -0.3 is 10.6 Å². The summed E-state index contributed by atoms with van der Waals surface area (Å²) in [5.41, 5.74) is 2.23. The normalized spacial score (nSPS) is 10.9. The highest BCUT2D eigenvalue weighted by molar-refractivity contribution is 7.98. The molecule has 28 heavy (non-hydrogen) atoms. The Morgan fingerprint density at radius 2 is 2.04 bits per heavy atom. The molecule has 0 aliphatic carbocycles. The third-order valence-corrected chi connectivity index (χ3v) is 5.91. The van der Waals surface area contributed by atoms with Crippen LogP contribution in [0.4, 0.5) is 4.39 Å². The molecular formula is C19H16FN5OS2. The van der Waals surface area contributed by atoms with Gasteiger partial charge in [-0.2, -0.15) is 0 Å². The quantitative estimate of drug-likeness (QED) is 0.377. The number of nitrogen functional groups attached to an aromatic ring is 1. The van der Waals surface area contributed by atoms with E-state index in [0.717, 1.165) is 22.0 Å². The van der Waals surface area contributed by atoms with Gasteiger partial charge in [0.05, 0.1) is 18.4 Å². The van der Waals surface area contributed by atoms with E-state index in [-0.39, 0.29) is 11.6 Å². The molecule has 0 saturated heterocycles. The first-order valence-electron chi connectivity index (χ1n) is 8.32. The molecule has 2 aromatic heterocycles. The second-order valence-corrected chi connectivity index (χ2v) is 7.62. The first-order chi connectivity index (χ1) is 13.7. The van der Waals surface area contributed by atoms with E-state index in [2.05, 4.69) is 15.2 Å². The van der Waals surface area contributed by atoms with Crippen LogP contribution in [0.5, 0.6) is 5.75 Å². The largest absolute Gasteiger partial charge is 0.497 e. The van der Waals surface area contributed by atoms with Crippen LogP contribution >= 0.6 is 23.1 Å². The average Bonchev–Trinajstić information content (AvgIpc) is 3.34. The smallest absolute Gasteiger partial charge is 0.210 e. The van der Waals surface area contributed by atoms with Crippen LogP contribution in [0.2, 0.25) is 0 Å². The summed E-state index contributed by atoms with van der Waals surface area (Å²) in [6, 6.07) is 14.1. The lowest BCUT2D eigenvalue weighted by Gasteiger charge is -2.04. The number of thiazole rings is 1. The molecule has 0 unspecified atom stereocenters. The zero-order valence-corrected chi connectivity index (χ0v) is 16.5. The summed E-state index contributed by atoms with van der Waals surface area (Å²) in [4.78, 5) is 4.66. The summed E-state index contributed by atoms with van der Waals surface area (Å²) in [6.07, 6.45) is 0. The van der Waals surface area contributed by atoms with E-state index in [0.29, 0.717) is 16.5 Å². The van der Waals surface area contributed by atoms with Gasteiger partial charge in [-0.15, -0.1) is 21.5 Å². The fraction of sp³-hybridized carbons (Fsp3) is 0.105. The van der Waals surface area contributed by atoms with Crippen molar-refractivity contribution in [2.45, 2.75) is 10.9 Å². The molecule has 0 aliphatic rings. The zero-order chi connectivity index (χ0) is 19.5. The van der Waals surface area contributed by atoms with Gasteiger partial charge in [0.1, 0.15) is 16.6 Å². The second-order valence-electron chi connectivity index (χ2n) is 5.82. The summed E-state index contributed by atoms with van der Waals surface area (Å²) >= 11 is 2.96. The number of aromatic nitrogens is 4. The van der Waals surface area contributed by atoms with Crippen LogP contribution in [0.25, 0.3) is 22.0 Å². The van der Waals surface area contributed by atoms with Crippen LogP contribution in [0.1, 0.15) is 5.69 Å². The van der Waals surface area contributed by atoms with E-state index >= 15 is 0 Å². The van der Waals surface area contributed by atoms with E-state index in [1.54, 1.807) is 36.6 Å². The molecule has 6 nitrogen and oxygen atoms in total. The number of nitrogens with zero attached hydrogens (tertiary/aromatic N) is 4. The summed E-state index contributed by atoms with van der Waals surface area (Å²) in [5, 5.41) is 11.5. The number of halogens is 1. The van der Waals surface area contributed by atoms with Crippen LogP contribution in [0.15, 0.2) is 59.1 Å². The van der Waals surface area contributed by atoms with Gasteiger partial charge in [0.25, 0.3) is 0 Å². The lowest BCUT2D eigenvalue weighted by Crippen LogP contribution is -2.12. The number of hydrogen-bond donors (Lipinski definition) is 1. The fourth-order valence-electron chi connectivity index (χ4n) is 2.60. The summed E-state index contributed by atoms with van der Waals surface area (Å²) in [6.45, 7) is 0. The lowest BCUT2D eigenvalue weighted by atomic mass is 10.2. The maximum Gasteiger partial charge on any atom is 0.210 e. The van der Waals surface area contributed by atoms with Crippen molar-refractivity contribution >= 4 is 23.1 Å². The Bertz CT molecular complexity index is 1110. The maximum atomic E-state index is 14.0. The Morgan fingerprint density at radius 3 is 2.86 bits per heavy atom. The van der Waals surface area contributed by atoms with Crippen LogP contribution < -0.4 is 10.6 Å². The van der Waals surface area contributed by atoms with Gasteiger partial charge >= 0.3 is 0 Å². The Balaban J connectivity index is 1.49. The number of methoxy groups -OCH3 is 1. The minimum atomic E-state index is -0.388. The van der Waals surface area contributed by atoms with Crippen molar-refractivity contribution < 1.29 is 9.13 Å². The molecule has 0 amide bonds. The molecule has 9 heteroatoms. The van der Waals surface area contributed by atoms with Gasteiger partial charge in [-0.25, -0.2) is 14.1 Å². The number of thioether (sulfide) groups is 1. The van der Waals surface area contributed by atoms with E-state index in [1.807, 2.05) is 29.6 Å². The minimum Gasteiger partial charge on any atom is -0.497 e. The highest BCUT2D eigenvalue weighted by Gasteiger charge is 2.16. The predicted molar refractivity (Wildman–Crippen MR) is 109 cm³/mol. The van der Waals surface area contributed by atoms with Crippen LogP contribution in [-0.2, 0) is 5.75 Å². The highest BCUT2D eigenvalue weighted by atomic mass is 32.2. The summed E-state index contributed by atoms with van der Waals surface area (Å²) in [5.74, 6) is 7.34. The van der Waals surface area contributed by atoms with Crippen molar-refractivity contribution in [1.82, 2.24) is 19.9 Å². The molecule has 0 saturated carbocycles. The average molecular weight is 414 g/mol. The van der Waals surface area contributed by atoms with E-state index < -0.39 is 0 Å². The number of rotatable bonds is 6. The van der Waals surface area contributed by atoms with E-state index in [9.17, 15) is 4.39 Å². The van der Waals surface area contributed by atoms with Gasteiger partial charge in [0.2, 0.25) is 5.16 Å². The Hall–Kier alpha value is -2.91. The first-order valence-corrected chi connectivity index (χ1v) is 10.2. The van der Waals surface area contributed by atoms with E-state index in [1.165, 1.54) is 22.5 Å². The SMILES string of the molecule is COc1cccc(-c2nc(CSc3nnc(-c4ccccc4F)n3N)cs2)c1. The van der Waals surface area contributed by atoms with Crippen molar-refractivity contribution in [1.29, 1.82) is 0 Å².